The lowest BCUT2D eigenvalue weighted by Crippen LogP contribution is -2.40. The maximum Gasteiger partial charge on any atom is 0.340 e. The molecule has 1 aromatic rings. The summed E-state index contributed by atoms with van der Waals surface area (Å²) in [6.45, 7) is 1.12. The number of nitrogens with one attached hydrogen (secondary N) is 1. The minimum Gasteiger partial charge on any atom is -0.452 e. The molecule has 1 amide bonds. The lowest BCUT2D eigenvalue weighted by molar-refractivity contribution is -0.124. The lowest BCUT2D eigenvalue weighted by Gasteiger charge is -2.26. The van der Waals surface area contributed by atoms with Crippen LogP contribution in [0.2, 0.25) is 5.02 Å². The smallest absolute Gasteiger partial charge is 0.340 e. The summed E-state index contributed by atoms with van der Waals surface area (Å²) < 4.78 is 37.1. The van der Waals surface area contributed by atoms with Crippen LogP contribution < -0.4 is 5.32 Å². The first kappa shape index (κ1) is 23.7. The van der Waals surface area contributed by atoms with E-state index in [2.05, 4.69) is 11.4 Å². The molecule has 0 atom stereocenters. The molecule has 3 rings (SSSR count). The van der Waals surface area contributed by atoms with Gasteiger partial charge in [-0.2, -0.15) is 4.31 Å². The maximum absolute atomic E-state index is 12.8. The van der Waals surface area contributed by atoms with Gasteiger partial charge in [-0.1, -0.05) is 23.3 Å². The average molecular weight is 471 g/mol. The third-order valence-electron chi connectivity index (χ3n) is 5.25. The number of ether oxygens (including phenoxy) is 2. The van der Waals surface area contributed by atoms with Crippen LogP contribution in [0.15, 0.2) is 34.7 Å². The van der Waals surface area contributed by atoms with Crippen molar-refractivity contribution in [1.29, 1.82) is 0 Å². The molecule has 1 aromatic carbocycles. The van der Waals surface area contributed by atoms with Crippen molar-refractivity contribution in [3.05, 3.63) is 40.4 Å². The molecule has 170 valence electrons. The Labute approximate surface area is 187 Å². The van der Waals surface area contributed by atoms with E-state index >= 15 is 0 Å². The van der Waals surface area contributed by atoms with E-state index in [9.17, 15) is 18.0 Å². The van der Waals surface area contributed by atoms with Crippen molar-refractivity contribution in [2.75, 3.05) is 39.5 Å². The van der Waals surface area contributed by atoms with Crippen molar-refractivity contribution >= 4 is 33.5 Å². The van der Waals surface area contributed by atoms with Gasteiger partial charge in [0.05, 0.1) is 28.7 Å². The minimum absolute atomic E-state index is 0.0515. The number of nitrogens with zero attached hydrogens (tertiary/aromatic N) is 1. The largest absolute Gasteiger partial charge is 0.452 e. The van der Waals surface area contributed by atoms with Gasteiger partial charge in [0.1, 0.15) is 0 Å². The van der Waals surface area contributed by atoms with Gasteiger partial charge in [0, 0.05) is 19.6 Å². The molecule has 1 heterocycles. The number of carbonyl (C=O) groups excluding carboxylic acids is 2. The number of amides is 1. The summed E-state index contributed by atoms with van der Waals surface area (Å²) in [7, 11) is -3.79. The minimum atomic E-state index is -3.79. The van der Waals surface area contributed by atoms with Crippen LogP contribution in [-0.2, 0) is 24.3 Å². The zero-order valence-corrected chi connectivity index (χ0v) is 18.8. The molecule has 0 aromatic heterocycles. The molecular weight excluding hydrogens is 444 g/mol. The van der Waals surface area contributed by atoms with Crippen LogP contribution in [0.3, 0.4) is 0 Å². The van der Waals surface area contributed by atoms with Crippen LogP contribution in [0.25, 0.3) is 0 Å². The summed E-state index contributed by atoms with van der Waals surface area (Å²) in [5.41, 5.74) is 1.24. The number of rotatable bonds is 8. The number of hydrogen-bond donors (Lipinski definition) is 1. The van der Waals surface area contributed by atoms with E-state index in [1.54, 1.807) is 0 Å². The van der Waals surface area contributed by atoms with E-state index < -0.39 is 28.5 Å². The summed E-state index contributed by atoms with van der Waals surface area (Å²) in [5.74, 6) is -1.27. The Morgan fingerprint density at radius 2 is 1.97 bits per heavy atom. The Morgan fingerprint density at radius 3 is 2.68 bits per heavy atom. The number of hydrogen-bond acceptors (Lipinski definition) is 6. The topological polar surface area (TPSA) is 102 Å². The molecule has 1 fully saturated rings. The summed E-state index contributed by atoms with van der Waals surface area (Å²) in [6, 6.07) is 3.86. The standard InChI is InChI=1S/C21H27ClN2O6S/c22-19-7-6-17(31(27,28)24-10-12-29-13-11-24)14-18(19)21(26)30-15-20(25)23-9-8-16-4-2-1-3-5-16/h4,6-7,14H,1-3,5,8-13,15H2,(H,23,25). The van der Waals surface area contributed by atoms with Gasteiger partial charge in [-0.3, -0.25) is 4.79 Å². The van der Waals surface area contributed by atoms with Crippen molar-refractivity contribution < 1.29 is 27.5 Å². The van der Waals surface area contributed by atoms with Crippen molar-refractivity contribution in [3.63, 3.8) is 0 Å². The molecule has 8 nitrogen and oxygen atoms in total. The molecule has 0 unspecified atom stereocenters. The second kappa shape index (κ2) is 11.1. The Hall–Kier alpha value is -1.94. The van der Waals surface area contributed by atoms with Gasteiger partial charge in [-0.05, 0) is 50.3 Å². The molecule has 1 aliphatic heterocycles. The highest BCUT2D eigenvalue weighted by atomic mass is 35.5. The SMILES string of the molecule is O=C(COC(=O)c1cc(S(=O)(=O)N2CCOCC2)ccc1Cl)NCCC1=CCCCC1. The highest BCUT2D eigenvalue weighted by Crippen LogP contribution is 2.24. The van der Waals surface area contributed by atoms with Crippen LogP contribution in [0.4, 0.5) is 0 Å². The fraction of sp³-hybridized carbons (Fsp3) is 0.524. The molecule has 1 N–H and O–H groups in total. The Kier molecular flexibility index (Phi) is 8.48. The number of esters is 1. The molecular formula is C21H27ClN2O6S. The van der Waals surface area contributed by atoms with E-state index in [0.717, 1.165) is 19.3 Å². The quantitative estimate of drug-likeness (QED) is 0.462. The van der Waals surface area contributed by atoms with Gasteiger partial charge in [0.15, 0.2) is 6.61 Å². The number of benzene rings is 1. The second-order valence-electron chi connectivity index (χ2n) is 7.44. The predicted octanol–water partition coefficient (Wildman–Crippen LogP) is 2.52. The Balaban J connectivity index is 1.55. The number of morpholine rings is 1. The molecule has 1 saturated heterocycles. The molecule has 0 radical (unpaired) electrons. The van der Waals surface area contributed by atoms with E-state index in [4.69, 9.17) is 21.1 Å². The van der Waals surface area contributed by atoms with Gasteiger partial charge in [-0.25, -0.2) is 13.2 Å². The molecule has 1 aliphatic carbocycles. The van der Waals surface area contributed by atoms with Crippen LogP contribution in [-0.4, -0.2) is 64.1 Å². The average Bonchev–Trinajstić information content (AvgIpc) is 2.79. The Morgan fingerprint density at radius 1 is 1.19 bits per heavy atom. The van der Waals surface area contributed by atoms with Gasteiger partial charge in [0.2, 0.25) is 10.0 Å². The number of sulfonamides is 1. The summed E-state index contributed by atoms with van der Waals surface area (Å²) in [5, 5.41) is 2.78. The van der Waals surface area contributed by atoms with Gasteiger partial charge in [-0.15, -0.1) is 0 Å². The van der Waals surface area contributed by atoms with Gasteiger partial charge >= 0.3 is 5.97 Å². The highest BCUT2D eigenvalue weighted by molar-refractivity contribution is 7.89. The first-order valence-corrected chi connectivity index (χ1v) is 12.2. The zero-order chi connectivity index (χ0) is 22.3. The summed E-state index contributed by atoms with van der Waals surface area (Å²) >= 11 is 6.08. The maximum atomic E-state index is 12.8. The first-order chi connectivity index (χ1) is 14.9. The van der Waals surface area contributed by atoms with Crippen LogP contribution in [0.1, 0.15) is 42.5 Å². The molecule has 2 aliphatic rings. The van der Waals surface area contributed by atoms with Crippen LogP contribution in [0.5, 0.6) is 0 Å². The van der Waals surface area contributed by atoms with E-state index in [0.29, 0.717) is 19.8 Å². The molecule has 0 saturated carbocycles. The van der Waals surface area contributed by atoms with Crippen LogP contribution >= 0.6 is 11.6 Å². The monoisotopic (exact) mass is 470 g/mol. The normalized spacial score (nSPS) is 17.6. The fourth-order valence-electron chi connectivity index (χ4n) is 3.51. The number of halogens is 1. The van der Waals surface area contributed by atoms with Crippen molar-refractivity contribution in [1.82, 2.24) is 9.62 Å². The summed E-state index contributed by atoms with van der Waals surface area (Å²) in [6.07, 6.45) is 7.54. The van der Waals surface area contributed by atoms with Crippen molar-refractivity contribution in [2.24, 2.45) is 0 Å². The van der Waals surface area contributed by atoms with E-state index in [1.165, 1.54) is 40.9 Å². The molecule has 10 heteroatoms. The van der Waals surface area contributed by atoms with Crippen LogP contribution in [0, 0.1) is 0 Å². The third kappa shape index (κ3) is 6.52. The third-order valence-corrected chi connectivity index (χ3v) is 7.48. The van der Waals surface area contributed by atoms with E-state index in [-0.39, 0.29) is 28.6 Å². The molecule has 0 bridgehead atoms. The van der Waals surface area contributed by atoms with Crippen molar-refractivity contribution in [3.8, 4) is 0 Å². The van der Waals surface area contributed by atoms with E-state index in [1.807, 2.05) is 0 Å². The Bertz CT molecular complexity index is 941. The van der Waals surface area contributed by atoms with Crippen molar-refractivity contribution in [2.45, 2.75) is 37.0 Å². The second-order valence-corrected chi connectivity index (χ2v) is 9.79. The molecule has 0 spiro atoms. The predicted molar refractivity (Wildman–Crippen MR) is 115 cm³/mol. The number of carbonyl (C=O) groups is 2. The first-order valence-electron chi connectivity index (χ1n) is 10.4. The number of allylic oxidation sites excluding steroid dienone is 1. The zero-order valence-electron chi connectivity index (χ0n) is 17.3. The highest BCUT2D eigenvalue weighted by Gasteiger charge is 2.28. The molecule has 31 heavy (non-hydrogen) atoms. The lowest BCUT2D eigenvalue weighted by atomic mass is 9.97. The summed E-state index contributed by atoms with van der Waals surface area (Å²) in [4.78, 5) is 24.3. The fourth-order valence-corrected chi connectivity index (χ4v) is 5.14. The van der Waals surface area contributed by atoms with Gasteiger partial charge < -0.3 is 14.8 Å². The van der Waals surface area contributed by atoms with Gasteiger partial charge in [0.25, 0.3) is 5.91 Å².